The summed E-state index contributed by atoms with van der Waals surface area (Å²) in [5, 5.41) is 0. The van der Waals surface area contributed by atoms with E-state index in [1.807, 2.05) is 18.7 Å². The lowest BCUT2D eigenvalue weighted by molar-refractivity contribution is -0.148. The molecule has 2 fully saturated rings. The summed E-state index contributed by atoms with van der Waals surface area (Å²) >= 11 is 0. The van der Waals surface area contributed by atoms with Crippen LogP contribution in [0.4, 0.5) is 0 Å². The maximum Gasteiger partial charge on any atom is 0.239 e. The standard InChI is InChI=1S/C17H33N3O2/c1-13(2)10-18-6-8-19(9-7-18)16(5)17(21)20-11-14(3)22-15(4)12-20/h13-16H,6-12H2,1-5H3. The van der Waals surface area contributed by atoms with Crippen molar-refractivity contribution in [1.29, 1.82) is 0 Å². The van der Waals surface area contributed by atoms with Crippen molar-refractivity contribution in [2.45, 2.75) is 52.9 Å². The van der Waals surface area contributed by atoms with Gasteiger partial charge in [0.2, 0.25) is 5.91 Å². The van der Waals surface area contributed by atoms with Crippen molar-refractivity contribution in [2.75, 3.05) is 45.8 Å². The molecule has 0 bridgehead atoms. The Kier molecular flexibility index (Phi) is 6.24. The molecule has 0 aromatic carbocycles. The van der Waals surface area contributed by atoms with Gasteiger partial charge in [0, 0.05) is 45.8 Å². The van der Waals surface area contributed by atoms with Crippen LogP contribution in [0.3, 0.4) is 0 Å². The minimum atomic E-state index is -0.0151. The van der Waals surface area contributed by atoms with E-state index in [0.29, 0.717) is 5.92 Å². The van der Waals surface area contributed by atoms with Crippen LogP contribution in [0.2, 0.25) is 0 Å². The monoisotopic (exact) mass is 311 g/mol. The third-order valence-electron chi connectivity index (χ3n) is 4.67. The third kappa shape index (κ3) is 4.67. The Morgan fingerprint density at radius 3 is 2.09 bits per heavy atom. The van der Waals surface area contributed by atoms with Gasteiger partial charge in [-0.05, 0) is 26.7 Å². The number of ether oxygens (including phenoxy) is 1. The molecule has 3 unspecified atom stereocenters. The van der Waals surface area contributed by atoms with E-state index < -0.39 is 0 Å². The summed E-state index contributed by atoms with van der Waals surface area (Å²) in [5.41, 5.74) is 0. The molecule has 0 aromatic heterocycles. The first-order chi connectivity index (χ1) is 10.4. The quantitative estimate of drug-likeness (QED) is 0.784. The first kappa shape index (κ1) is 17.7. The molecule has 5 heteroatoms. The van der Waals surface area contributed by atoms with Crippen molar-refractivity contribution >= 4 is 5.91 Å². The molecule has 0 N–H and O–H groups in total. The summed E-state index contributed by atoms with van der Waals surface area (Å²) in [6.45, 7) is 17.4. The van der Waals surface area contributed by atoms with Crippen molar-refractivity contribution in [2.24, 2.45) is 5.92 Å². The van der Waals surface area contributed by atoms with Gasteiger partial charge >= 0.3 is 0 Å². The Hall–Kier alpha value is -0.650. The Labute approximate surface area is 135 Å². The molecule has 3 atom stereocenters. The third-order valence-corrected chi connectivity index (χ3v) is 4.67. The summed E-state index contributed by atoms with van der Waals surface area (Å²) in [4.78, 5) is 19.6. The van der Waals surface area contributed by atoms with E-state index in [-0.39, 0.29) is 24.2 Å². The number of hydrogen-bond acceptors (Lipinski definition) is 4. The number of hydrogen-bond donors (Lipinski definition) is 0. The fourth-order valence-corrected chi connectivity index (χ4v) is 3.63. The van der Waals surface area contributed by atoms with Gasteiger partial charge in [0.05, 0.1) is 18.2 Å². The van der Waals surface area contributed by atoms with Gasteiger partial charge in [-0.2, -0.15) is 0 Å². The number of carbonyl (C=O) groups is 1. The Morgan fingerprint density at radius 1 is 1.05 bits per heavy atom. The van der Waals surface area contributed by atoms with E-state index in [4.69, 9.17) is 4.74 Å². The summed E-state index contributed by atoms with van der Waals surface area (Å²) in [6, 6.07) is -0.0151. The molecule has 2 heterocycles. The molecule has 5 nitrogen and oxygen atoms in total. The van der Waals surface area contributed by atoms with Crippen LogP contribution >= 0.6 is 0 Å². The molecule has 0 spiro atoms. The molecule has 22 heavy (non-hydrogen) atoms. The smallest absolute Gasteiger partial charge is 0.239 e. The second-order valence-corrected chi connectivity index (χ2v) is 7.41. The highest BCUT2D eigenvalue weighted by Gasteiger charge is 2.32. The number of amides is 1. The fourth-order valence-electron chi connectivity index (χ4n) is 3.63. The molecule has 0 radical (unpaired) electrons. The minimum Gasteiger partial charge on any atom is -0.372 e. The van der Waals surface area contributed by atoms with Crippen LogP contribution in [0.5, 0.6) is 0 Å². The second kappa shape index (κ2) is 7.75. The van der Waals surface area contributed by atoms with Crippen molar-refractivity contribution in [3.8, 4) is 0 Å². The average Bonchev–Trinajstić information content (AvgIpc) is 2.45. The first-order valence-corrected chi connectivity index (χ1v) is 8.77. The van der Waals surface area contributed by atoms with Crippen LogP contribution in [0, 0.1) is 5.92 Å². The van der Waals surface area contributed by atoms with E-state index in [2.05, 4.69) is 30.6 Å². The van der Waals surface area contributed by atoms with E-state index in [0.717, 1.165) is 45.8 Å². The predicted molar refractivity (Wildman–Crippen MR) is 88.9 cm³/mol. The fraction of sp³-hybridized carbons (Fsp3) is 0.941. The summed E-state index contributed by atoms with van der Waals surface area (Å²) in [7, 11) is 0. The summed E-state index contributed by atoms with van der Waals surface area (Å²) in [6.07, 6.45) is 0.283. The minimum absolute atomic E-state index is 0.0151. The van der Waals surface area contributed by atoms with Gasteiger partial charge in [-0.25, -0.2) is 0 Å². The number of rotatable bonds is 4. The van der Waals surface area contributed by atoms with Gasteiger partial charge < -0.3 is 14.5 Å². The zero-order chi connectivity index (χ0) is 16.3. The van der Waals surface area contributed by atoms with E-state index in [1.54, 1.807) is 0 Å². The van der Waals surface area contributed by atoms with Crippen LogP contribution < -0.4 is 0 Å². The lowest BCUT2D eigenvalue weighted by atomic mass is 10.1. The molecule has 2 saturated heterocycles. The van der Waals surface area contributed by atoms with Gasteiger partial charge in [0.25, 0.3) is 0 Å². The summed E-state index contributed by atoms with van der Waals surface area (Å²) in [5.74, 6) is 0.973. The highest BCUT2D eigenvalue weighted by Crippen LogP contribution is 2.15. The van der Waals surface area contributed by atoms with Crippen molar-refractivity contribution in [3.05, 3.63) is 0 Å². The number of carbonyl (C=O) groups excluding carboxylic acids is 1. The zero-order valence-corrected chi connectivity index (χ0v) is 14.9. The van der Waals surface area contributed by atoms with Crippen LogP contribution in [0.15, 0.2) is 0 Å². The highest BCUT2D eigenvalue weighted by molar-refractivity contribution is 5.81. The molecule has 0 aromatic rings. The van der Waals surface area contributed by atoms with Crippen LogP contribution in [0.25, 0.3) is 0 Å². The largest absolute Gasteiger partial charge is 0.372 e. The highest BCUT2D eigenvalue weighted by atomic mass is 16.5. The van der Waals surface area contributed by atoms with Gasteiger partial charge in [0.15, 0.2) is 0 Å². The van der Waals surface area contributed by atoms with Gasteiger partial charge in [-0.15, -0.1) is 0 Å². The molecule has 2 aliphatic rings. The number of piperazine rings is 1. The lowest BCUT2D eigenvalue weighted by Crippen LogP contribution is -2.57. The second-order valence-electron chi connectivity index (χ2n) is 7.41. The maximum absolute atomic E-state index is 12.8. The molecular weight excluding hydrogens is 278 g/mol. The Bertz CT molecular complexity index is 357. The SMILES string of the molecule is CC(C)CN1CCN(C(C)C(=O)N2CC(C)OC(C)C2)CC1. The summed E-state index contributed by atoms with van der Waals surface area (Å²) < 4.78 is 5.73. The zero-order valence-electron chi connectivity index (χ0n) is 14.9. The van der Waals surface area contributed by atoms with Crippen LogP contribution in [-0.2, 0) is 9.53 Å². The molecule has 0 aliphatic carbocycles. The maximum atomic E-state index is 12.8. The van der Waals surface area contributed by atoms with Crippen LogP contribution in [0.1, 0.15) is 34.6 Å². The molecule has 2 rings (SSSR count). The van der Waals surface area contributed by atoms with Crippen LogP contribution in [-0.4, -0.2) is 84.7 Å². The lowest BCUT2D eigenvalue weighted by Gasteiger charge is -2.41. The average molecular weight is 311 g/mol. The van der Waals surface area contributed by atoms with Gasteiger partial charge in [-0.3, -0.25) is 9.69 Å². The predicted octanol–water partition coefficient (Wildman–Crippen LogP) is 1.28. The molecule has 0 saturated carbocycles. The van der Waals surface area contributed by atoms with E-state index in [1.165, 1.54) is 0 Å². The van der Waals surface area contributed by atoms with Gasteiger partial charge in [0.1, 0.15) is 0 Å². The molecular formula is C17H33N3O2. The van der Waals surface area contributed by atoms with Crippen molar-refractivity contribution in [3.63, 3.8) is 0 Å². The molecule has 128 valence electrons. The van der Waals surface area contributed by atoms with E-state index in [9.17, 15) is 4.79 Å². The Morgan fingerprint density at radius 2 is 1.59 bits per heavy atom. The topological polar surface area (TPSA) is 36.0 Å². The Balaban J connectivity index is 1.84. The van der Waals surface area contributed by atoms with Crippen molar-refractivity contribution < 1.29 is 9.53 Å². The van der Waals surface area contributed by atoms with Crippen molar-refractivity contribution in [1.82, 2.24) is 14.7 Å². The first-order valence-electron chi connectivity index (χ1n) is 8.77. The number of morpholine rings is 1. The van der Waals surface area contributed by atoms with E-state index >= 15 is 0 Å². The number of nitrogens with zero attached hydrogens (tertiary/aromatic N) is 3. The van der Waals surface area contributed by atoms with Gasteiger partial charge in [-0.1, -0.05) is 13.8 Å². The molecule has 1 amide bonds. The normalized spacial score (nSPS) is 29.8. The molecule has 2 aliphatic heterocycles.